The average Bonchev–Trinajstić information content (AvgIpc) is 2.45. The van der Waals surface area contributed by atoms with Crippen LogP contribution in [0.4, 0.5) is 0 Å². The van der Waals surface area contributed by atoms with Crippen molar-refractivity contribution >= 4 is 5.91 Å². The summed E-state index contributed by atoms with van der Waals surface area (Å²) in [7, 11) is 0. The van der Waals surface area contributed by atoms with Crippen LogP contribution in [0, 0.1) is 0 Å². The molecule has 2 rings (SSSR count). The minimum Gasteiger partial charge on any atom is -0.341 e. The third-order valence-electron chi connectivity index (χ3n) is 4.80. The zero-order valence-electron chi connectivity index (χ0n) is 13.2. The molecule has 0 spiro atoms. The number of carbonyl (C=O) groups is 1. The van der Waals surface area contributed by atoms with Crippen molar-refractivity contribution in [3.05, 3.63) is 0 Å². The Morgan fingerprint density at radius 1 is 1.15 bits per heavy atom. The molecule has 2 unspecified atom stereocenters. The Morgan fingerprint density at radius 2 is 2.00 bits per heavy atom. The van der Waals surface area contributed by atoms with Crippen LogP contribution >= 0.6 is 0 Å². The quantitative estimate of drug-likeness (QED) is 0.807. The van der Waals surface area contributed by atoms with E-state index in [1.54, 1.807) is 0 Å². The van der Waals surface area contributed by atoms with Gasteiger partial charge in [0.25, 0.3) is 0 Å². The number of nitrogens with zero attached hydrogens (tertiary/aromatic N) is 2. The van der Waals surface area contributed by atoms with Crippen molar-refractivity contribution < 1.29 is 4.79 Å². The van der Waals surface area contributed by atoms with Gasteiger partial charge < -0.3 is 15.1 Å². The molecule has 20 heavy (non-hydrogen) atoms. The predicted octanol–water partition coefficient (Wildman–Crippen LogP) is 1.85. The van der Waals surface area contributed by atoms with Crippen molar-refractivity contribution in [1.82, 2.24) is 15.1 Å². The highest BCUT2D eigenvalue weighted by molar-refractivity contribution is 5.82. The monoisotopic (exact) mass is 281 g/mol. The summed E-state index contributed by atoms with van der Waals surface area (Å²) in [5.74, 6) is 0.324. The van der Waals surface area contributed by atoms with Crippen molar-refractivity contribution in [3.63, 3.8) is 0 Å². The standard InChI is InChI=1S/C16H31N3O/c1-3-17-15-9-6-11-19(16(15)20)13-7-12-18-10-5-4-8-14(18)2/h14-15,17H,3-13H2,1-2H3. The summed E-state index contributed by atoms with van der Waals surface area (Å²) in [6, 6.07) is 0.804. The molecule has 0 radical (unpaired) electrons. The van der Waals surface area contributed by atoms with Gasteiger partial charge in [-0.3, -0.25) is 4.79 Å². The molecule has 4 nitrogen and oxygen atoms in total. The molecule has 116 valence electrons. The number of nitrogens with one attached hydrogen (secondary N) is 1. The van der Waals surface area contributed by atoms with E-state index in [1.165, 1.54) is 25.8 Å². The Balaban J connectivity index is 1.71. The van der Waals surface area contributed by atoms with Crippen LogP contribution in [0.1, 0.15) is 52.4 Å². The highest BCUT2D eigenvalue weighted by Gasteiger charge is 2.27. The van der Waals surface area contributed by atoms with Gasteiger partial charge in [-0.05, 0) is 52.1 Å². The fourth-order valence-electron chi connectivity index (χ4n) is 3.55. The first-order valence-corrected chi connectivity index (χ1v) is 8.48. The number of hydrogen-bond acceptors (Lipinski definition) is 3. The van der Waals surface area contributed by atoms with Gasteiger partial charge in [-0.25, -0.2) is 0 Å². The summed E-state index contributed by atoms with van der Waals surface area (Å²) < 4.78 is 0. The number of hydrogen-bond donors (Lipinski definition) is 1. The molecule has 0 saturated carbocycles. The molecule has 0 aromatic carbocycles. The SMILES string of the molecule is CCNC1CCCN(CCCN2CCCCC2C)C1=O. The Morgan fingerprint density at radius 3 is 2.75 bits per heavy atom. The van der Waals surface area contributed by atoms with Crippen molar-refractivity contribution in [1.29, 1.82) is 0 Å². The molecule has 2 aliphatic rings. The number of carbonyl (C=O) groups excluding carboxylic acids is 1. The van der Waals surface area contributed by atoms with Crippen molar-refractivity contribution in [3.8, 4) is 0 Å². The zero-order valence-corrected chi connectivity index (χ0v) is 13.2. The summed E-state index contributed by atoms with van der Waals surface area (Å²) in [5.41, 5.74) is 0. The van der Waals surface area contributed by atoms with E-state index >= 15 is 0 Å². The Hall–Kier alpha value is -0.610. The summed E-state index contributed by atoms with van der Waals surface area (Å²) in [4.78, 5) is 17.0. The van der Waals surface area contributed by atoms with Gasteiger partial charge in [0.05, 0.1) is 6.04 Å². The Kier molecular flexibility index (Phi) is 6.30. The molecule has 2 fully saturated rings. The third-order valence-corrected chi connectivity index (χ3v) is 4.80. The summed E-state index contributed by atoms with van der Waals surface area (Å²) in [5, 5.41) is 3.31. The van der Waals surface area contributed by atoms with E-state index in [-0.39, 0.29) is 6.04 Å². The van der Waals surface area contributed by atoms with E-state index in [2.05, 4.69) is 29.0 Å². The largest absolute Gasteiger partial charge is 0.341 e. The van der Waals surface area contributed by atoms with Crippen LogP contribution in [0.2, 0.25) is 0 Å². The van der Waals surface area contributed by atoms with Crippen LogP contribution in [-0.2, 0) is 4.79 Å². The molecule has 2 atom stereocenters. The predicted molar refractivity (Wildman–Crippen MR) is 82.8 cm³/mol. The van der Waals surface area contributed by atoms with Gasteiger partial charge in [0.2, 0.25) is 5.91 Å². The minimum atomic E-state index is 0.0719. The second kappa shape index (κ2) is 7.99. The molecule has 1 amide bonds. The molecule has 0 aromatic heterocycles. The second-order valence-corrected chi connectivity index (χ2v) is 6.31. The normalized spacial score (nSPS) is 28.9. The summed E-state index contributed by atoms with van der Waals surface area (Å²) >= 11 is 0. The molecule has 2 heterocycles. The van der Waals surface area contributed by atoms with Gasteiger partial charge in [-0.1, -0.05) is 13.3 Å². The second-order valence-electron chi connectivity index (χ2n) is 6.31. The van der Waals surface area contributed by atoms with Crippen molar-refractivity contribution in [2.24, 2.45) is 0 Å². The molecular weight excluding hydrogens is 250 g/mol. The van der Waals surface area contributed by atoms with Gasteiger partial charge in [0, 0.05) is 25.7 Å². The van der Waals surface area contributed by atoms with Gasteiger partial charge >= 0.3 is 0 Å². The fraction of sp³-hybridized carbons (Fsp3) is 0.938. The van der Waals surface area contributed by atoms with E-state index in [1.807, 2.05) is 0 Å². The molecular formula is C16H31N3O. The summed E-state index contributed by atoms with van der Waals surface area (Å²) in [6.07, 6.45) is 7.33. The molecule has 1 N–H and O–H groups in total. The van der Waals surface area contributed by atoms with Crippen LogP contribution < -0.4 is 5.32 Å². The van der Waals surface area contributed by atoms with E-state index in [0.29, 0.717) is 5.91 Å². The Bertz CT molecular complexity index is 306. The molecule has 0 aliphatic carbocycles. The maximum absolute atomic E-state index is 12.3. The number of likely N-dealkylation sites (N-methyl/N-ethyl adjacent to an activating group) is 1. The highest BCUT2D eigenvalue weighted by atomic mass is 16.2. The third kappa shape index (κ3) is 4.19. The van der Waals surface area contributed by atoms with Gasteiger partial charge in [0.15, 0.2) is 0 Å². The average molecular weight is 281 g/mol. The van der Waals surface area contributed by atoms with Crippen LogP contribution in [0.5, 0.6) is 0 Å². The lowest BCUT2D eigenvalue weighted by molar-refractivity contribution is -0.136. The fourth-order valence-corrected chi connectivity index (χ4v) is 3.55. The minimum absolute atomic E-state index is 0.0719. The van der Waals surface area contributed by atoms with Crippen LogP contribution in [0.25, 0.3) is 0 Å². The molecule has 4 heteroatoms. The van der Waals surface area contributed by atoms with Crippen LogP contribution in [0.3, 0.4) is 0 Å². The number of likely N-dealkylation sites (tertiary alicyclic amines) is 2. The van der Waals surface area contributed by atoms with Gasteiger partial charge in [0.1, 0.15) is 0 Å². The number of piperidine rings is 2. The number of rotatable bonds is 6. The smallest absolute Gasteiger partial charge is 0.239 e. The topological polar surface area (TPSA) is 35.6 Å². The van der Waals surface area contributed by atoms with E-state index in [9.17, 15) is 4.79 Å². The first kappa shape index (κ1) is 15.8. The van der Waals surface area contributed by atoms with E-state index in [0.717, 1.165) is 51.5 Å². The Labute approximate surface area is 123 Å². The summed E-state index contributed by atoms with van der Waals surface area (Å²) in [6.45, 7) is 9.58. The lowest BCUT2D eigenvalue weighted by Gasteiger charge is -2.35. The van der Waals surface area contributed by atoms with Crippen LogP contribution in [-0.4, -0.2) is 60.5 Å². The first-order valence-electron chi connectivity index (χ1n) is 8.48. The van der Waals surface area contributed by atoms with Crippen molar-refractivity contribution in [2.45, 2.75) is 64.5 Å². The van der Waals surface area contributed by atoms with Crippen molar-refractivity contribution in [2.75, 3.05) is 32.7 Å². The highest BCUT2D eigenvalue weighted by Crippen LogP contribution is 2.17. The maximum atomic E-state index is 12.3. The van der Waals surface area contributed by atoms with Gasteiger partial charge in [-0.2, -0.15) is 0 Å². The number of amides is 1. The van der Waals surface area contributed by atoms with E-state index in [4.69, 9.17) is 0 Å². The van der Waals surface area contributed by atoms with E-state index < -0.39 is 0 Å². The molecule has 0 bridgehead atoms. The molecule has 2 saturated heterocycles. The zero-order chi connectivity index (χ0) is 14.4. The lowest BCUT2D eigenvalue weighted by Crippen LogP contribution is -2.51. The molecule has 2 aliphatic heterocycles. The maximum Gasteiger partial charge on any atom is 0.239 e. The van der Waals surface area contributed by atoms with Gasteiger partial charge in [-0.15, -0.1) is 0 Å². The molecule has 0 aromatic rings. The lowest BCUT2D eigenvalue weighted by atomic mass is 10.0. The van der Waals surface area contributed by atoms with Crippen LogP contribution in [0.15, 0.2) is 0 Å². The first-order chi connectivity index (χ1) is 9.72.